The molecule has 2 aromatic rings. The zero-order valence-corrected chi connectivity index (χ0v) is 18.2. The molecule has 2 atom stereocenters. The number of anilines is 2. The van der Waals surface area contributed by atoms with Crippen LogP contribution in [0.5, 0.6) is 0 Å². The molecule has 1 aliphatic rings. The van der Waals surface area contributed by atoms with Crippen molar-refractivity contribution >= 4 is 11.8 Å². The van der Waals surface area contributed by atoms with Crippen LogP contribution in [0.3, 0.4) is 0 Å². The highest BCUT2D eigenvalue weighted by atomic mass is 19.4. The third-order valence-corrected chi connectivity index (χ3v) is 6.44. The molecule has 2 heterocycles. The molecule has 1 aliphatic carbocycles. The molecule has 7 nitrogen and oxygen atoms in total. The van der Waals surface area contributed by atoms with Crippen LogP contribution < -0.4 is 15.4 Å². The Labute approximate surface area is 185 Å². The predicted molar refractivity (Wildman–Crippen MR) is 106 cm³/mol. The van der Waals surface area contributed by atoms with Gasteiger partial charge in [0, 0.05) is 42.9 Å². The van der Waals surface area contributed by atoms with Crippen molar-refractivity contribution in [2.24, 2.45) is 5.41 Å². The SMILES string of the molecule is COC1(C)CC(Nc2nc(NCc3c[n+]([O-])ccc3C(F)(F)F)ncc2C(F)(F)F)C1(C)C. The minimum absolute atomic E-state index is 0.193. The average Bonchev–Trinajstić information content (AvgIpc) is 2.70. The lowest BCUT2D eigenvalue weighted by atomic mass is 9.56. The number of rotatable bonds is 6. The van der Waals surface area contributed by atoms with Gasteiger partial charge >= 0.3 is 12.4 Å². The molecule has 1 fully saturated rings. The normalized spacial score (nSPS) is 22.5. The number of aromatic nitrogens is 3. The van der Waals surface area contributed by atoms with E-state index < -0.39 is 58.5 Å². The van der Waals surface area contributed by atoms with Gasteiger partial charge in [0.1, 0.15) is 11.4 Å². The largest absolute Gasteiger partial charge is 0.619 e. The maximum atomic E-state index is 13.5. The van der Waals surface area contributed by atoms with E-state index in [4.69, 9.17) is 4.74 Å². The standard InChI is InChI=1S/C20H23F6N5O2/c1-17(2)14(7-18(17,3)33-4)29-15-13(20(24,25)26)9-28-16(30-15)27-8-11-10-31(32)6-5-12(11)19(21,22)23/h5-6,9-10,14H,7-8H2,1-4H3,(H2,27,28,29,30). The van der Waals surface area contributed by atoms with Crippen molar-refractivity contribution in [2.75, 3.05) is 17.7 Å². The number of ether oxygens (including phenoxy) is 1. The third kappa shape index (κ3) is 4.77. The lowest BCUT2D eigenvalue weighted by Gasteiger charge is -2.59. The molecule has 13 heteroatoms. The fourth-order valence-corrected chi connectivity index (χ4v) is 3.79. The van der Waals surface area contributed by atoms with Gasteiger partial charge in [-0.3, -0.25) is 0 Å². The molecular formula is C20H23F6N5O2. The van der Waals surface area contributed by atoms with Crippen LogP contribution in [0.15, 0.2) is 24.7 Å². The van der Waals surface area contributed by atoms with Crippen molar-refractivity contribution in [3.63, 3.8) is 0 Å². The van der Waals surface area contributed by atoms with Crippen molar-refractivity contribution in [1.29, 1.82) is 0 Å². The molecule has 3 rings (SSSR count). The molecule has 0 aliphatic heterocycles. The molecule has 1 saturated carbocycles. The van der Waals surface area contributed by atoms with E-state index in [1.54, 1.807) is 0 Å². The Balaban J connectivity index is 1.87. The van der Waals surface area contributed by atoms with E-state index in [1.165, 1.54) is 7.11 Å². The summed E-state index contributed by atoms with van der Waals surface area (Å²) < 4.78 is 85.8. The van der Waals surface area contributed by atoms with E-state index in [1.807, 2.05) is 20.8 Å². The smallest absolute Gasteiger partial charge is 0.421 e. The van der Waals surface area contributed by atoms with Crippen molar-refractivity contribution in [1.82, 2.24) is 9.97 Å². The summed E-state index contributed by atoms with van der Waals surface area (Å²) >= 11 is 0. The topological polar surface area (TPSA) is 86.0 Å². The number of hydrogen-bond acceptors (Lipinski definition) is 6. The first-order valence-corrected chi connectivity index (χ1v) is 9.87. The lowest BCUT2D eigenvalue weighted by Crippen LogP contribution is -2.65. The Hall–Kier alpha value is -2.83. The zero-order chi connectivity index (χ0) is 24.8. The Kier molecular flexibility index (Phi) is 6.15. The summed E-state index contributed by atoms with van der Waals surface area (Å²) in [7, 11) is 1.52. The summed E-state index contributed by atoms with van der Waals surface area (Å²) in [6.07, 6.45) is -7.07. The molecule has 2 unspecified atom stereocenters. The van der Waals surface area contributed by atoms with Gasteiger partial charge in [-0.1, -0.05) is 13.8 Å². The van der Waals surface area contributed by atoms with Crippen molar-refractivity contribution < 1.29 is 35.8 Å². The fourth-order valence-electron chi connectivity index (χ4n) is 3.79. The van der Waals surface area contributed by atoms with Gasteiger partial charge in [-0.05, 0) is 13.3 Å². The molecule has 0 bridgehead atoms. The van der Waals surface area contributed by atoms with Gasteiger partial charge in [-0.2, -0.15) is 36.1 Å². The van der Waals surface area contributed by atoms with E-state index in [9.17, 15) is 31.5 Å². The van der Waals surface area contributed by atoms with Crippen LogP contribution in [-0.2, 0) is 23.6 Å². The van der Waals surface area contributed by atoms with Crippen LogP contribution in [0.4, 0.5) is 38.1 Å². The van der Waals surface area contributed by atoms with Crippen molar-refractivity contribution in [3.05, 3.63) is 46.6 Å². The first kappa shape index (κ1) is 24.8. The number of pyridine rings is 1. The Morgan fingerprint density at radius 3 is 2.33 bits per heavy atom. The molecule has 2 aromatic heterocycles. The van der Waals surface area contributed by atoms with Gasteiger partial charge in [0.15, 0.2) is 12.4 Å². The number of methoxy groups -OCH3 is 1. The van der Waals surface area contributed by atoms with Crippen LogP contribution in [0, 0.1) is 10.6 Å². The summed E-state index contributed by atoms with van der Waals surface area (Å²) in [5, 5.41) is 16.7. The van der Waals surface area contributed by atoms with Crippen LogP contribution in [0.2, 0.25) is 0 Å². The van der Waals surface area contributed by atoms with E-state index in [0.717, 1.165) is 6.20 Å². The molecular weight excluding hydrogens is 456 g/mol. The zero-order valence-electron chi connectivity index (χ0n) is 18.2. The maximum Gasteiger partial charge on any atom is 0.421 e. The Morgan fingerprint density at radius 2 is 1.79 bits per heavy atom. The summed E-state index contributed by atoms with van der Waals surface area (Å²) in [6, 6.07) is 0.215. The van der Waals surface area contributed by atoms with E-state index >= 15 is 0 Å². The molecule has 33 heavy (non-hydrogen) atoms. The van der Waals surface area contributed by atoms with Gasteiger partial charge in [0.25, 0.3) is 0 Å². The van der Waals surface area contributed by atoms with Gasteiger partial charge in [0.05, 0.1) is 11.2 Å². The highest BCUT2D eigenvalue weighted by Crippen LogP contribution is 2.53. The second-order valence-electron chi connectivity index (χ2n) is 8.61. The number of nitrogens with zero attached hydrogens (tertiary/aromatic N) is 3. The van der Waals surface area contributed by atoms with Crippen molar-refractivity contribution in [2.45, 2.75) is 57.7 Å². The molecule has 182 valence electrons. The lowest BCUT2D eigenvalue weighted by molar-refractivity contribution is -0.606. The van der Waals surface area contributed by atoms with E-state index in [0.29, 0.717) is 24.9 Å². The average molecular weight is 479 g/mol. The highest BCUT2D eigenvalue weighted by molar-refractivity contribution is 5.51. The highest BCUT2D eigenvalue weighted by Gasteiger charge is 2.58. The van der Waals surface area contributed by atoms with Gasteiger partial charge < -0.3 is 20.6 Å². The molecule has 0 aromatic carbocycles. The summed E-state index contributed by atoms with van der Waals surface area (Å²) in [5.74, 6) is -0.828. The predicted octanol–water partition coefficient (Wildman–Crippen LogP) is 4.38. The summed E-state index contributed by atoms with van der Waals surface area (Å²) in [4.78, 5) is 7.46. The summed E-state index contributed by atoms with van der Waals surface area (Å²) in [5.41, 5.74) is -3.65. The van der Waals surface area contributed by atoms with E-state index in [2.05, 4.69) is 20.6 Å². The molecule has 0 saturated heterocycles. The van der Waals surface area contributed by atoms with Gasteiger partial charge in [0.2, 0.25) is 5.95 Å². The first-order chi connectivity index (χ1) is 15.1. The summed E-state index contributed by atoms with van der Waals surface area (Å²) in [6.45, 7) is 5.01. The Bertz CT molecular complexity index is 1030. The number of nitrogens with one attached hydrogen (secondary N) is 2. The monoisotopic (exact) mass is 479 g/mol. The van der Waals surface area contributed by atoms with Gasteiger partial charge in [-0.25, -0.2) is 4.98 Å². The number of alkyl halides is 6. The van der Waals surface area contributed by atoms with Crippen LogP contribution in [-0.4, -0.2) is 28.7 Å². The quantitative estimate of drug-likeness (QED) is 0.364. The fraction of sp³-hybridized carbons (Fsp3) is 0.550. The second-order valence-corrected chi connectivity index (χ2v) is 8.61. The van der Waals surface area contributed by atoms with E-state index in [-0.39, 0.29) is 10.7 Å². The molecule has 0 amide bonds. The third-order valence-electron chi connectivity index (χ3n) is 6.44. The van der Waals surface area contributed by atoms with Crippen LogP contribution in [0.25, 0.3) is 0 Å². The number of hydrogen-bond donors (Lipinski definition) is 2. The van der Waals surface area contributed by atoms with Gasteiger partial charge in [-0.15, -0.1) is 0 Å². The van der Waals surface area contributed by atoms with Crippen molar-refractivity contribution in [3.8, 4) is 0 Å². The number of halogens is 6. The maximum absolute atomic E-state index is 13.5. The second kappa shape index (κ2) is 8.19. The molecule has 2 N–H and O–H groups in total. The first-order valence-electron chi connectivity index (χ1n) is 9.87. The van der Waals surface area contributed by atoms with Crippen LogP contribution in [0.1, 0.15) is 43.9 Å². The molecule has 0 radical (unpaired) electrons. The van der Waals surface area contributed by atoms with Crippen LogP contribution >= 0.6 is 0 Å². The minimum Gasteiger partial charge on any atom is -0.619 e. The minimum atomic E-state index is -4.75. The Morgan fingerprint density at radius 1 is 1.15 bits per heavy atom. The molecule has 0 spiro atoms.